The first-order valence-electron chi connectivity index (χ1n) is 8.28. The van der Waals surface area contributed by atoms with E-state index in [1.807, 2.05) is 56.3 Å². The van der Waals surface area contributed by atoms with Gasteiger partial charge in [0.25, 0.3) is 0 Å². The molecule has 1 aromatic heterocycles. The summed E-state index contributed by atoms with van der Waals surface area (Å²) in [5.41, 5.74) is 2.75. The lowest BCUT2D eigenvalue weighted by Crippen LogP contribution is -2.23. The van der Waals surface area contributed by atoms with Gasteiger partial charge in [-0.1, -0.05) is 30.7 Å². The number of aryl methyl sites for hydroxylation is 1. The van der Waals surface area contributed by atoms with Gasteiger partial charge in [-0.2, -0.15) is 4.98 Å². The third kappa shape index (κ3) is 4.00. The van der Waals surface area contributed by atoms with Crippen LogP contribution in [0.4, 0.5) is 17.5 Å². The zero-order chi connectivity index (χ0) is 17.8. The Labute approximate surface area is 152 Å². The molecule has 0 aliphatic rings. The van der Waals surface area contributed by atoms with Gasteiger partial charge in [-0.3, -0.25) is 0 Å². The highest BCUT2D eigenvalue weighted by molar-refractivity contribution is 6.30. The van der Waals surface area contributed by atoms with Gasteiger partial charge in [-0.15, -0.1) is 0 Å². The summed E-state index contributed by atoms with van der Waals surface area (Å²) in [5.74, 6) is 1.21. The molecule has 0 spiro atoms. The van der Waals surface area contributed by atoms with E-state index in [2.05, 4.69) is 20.6 Å². The molecule has 5 nitrogen and oxygen atoms in total. The lowest BCUT2D eigenvalue weighted by atomic mass is 10.2. The van der Waals surface area contributed by atoms with Crippen molar-refractivity contribution in [3.8, 4) is 0 Å². The van der Waals surface area contributed by atoms with E-state index >= 15 is 0 Å². The molecule has 0 saturated carbocycles. The van der Waals surface area contributed by atoms with Gasteiger partial charge in [-0.05, 0) is 49.2 Å². The number of fused-ring (bicyclic) bond motifs is 1. The highest BCUT2D eigenvalue weighted by Gasteiger charge is 2.12. The van der Waals surface area contributed by atoms with Crippen molar-refractivity contribution in [1.82, 2.24) is 9.97 Å². The first-order valence-corrected chi connectivity index (χ1v) is 8.66. The highest BCUT2D eigenvalue weighted by Crippen LogP contribution is 2.26. The van der Waals surface area contributed by atoms with E-state index in [9.17, 15) is 5.11 Å². The van der Waals surface area contributed by atoms with Crippen LogP contribution in [-0.4, -0.2) is 27.7 Å². The van der Waals surface area contributed by atoms with E-state index in [0.29, 0.717) is 16.8 Å². The fourth-order valence-corrected chi connectivity index (χ4v) is 2.83. The fourth-order valence-electron chi connectivity index (χ4n) is 2.60. The molecular formula is C19H21ClN4O. The second-order valence-electron chi connectivity index (χ2n) is 5.93. The zero-order valence-corrected chi connectivity index (χ0v) is 15.0. The summed E-state index contributed by atoms with van der Waals surface area (Å²) in [6, 6.07) is 13.4. The standard InChI is InChI=1S/C19H21ClN4O/c1-3-14(11-25)21-18-15-6-4-5-7-17(15)23-19(24-18)22-16-9-8-13(20)10-12(16)2/h4-10,14,25H,3,11H2,1-2H3,(H2,21,22,23,24). The quantitative estimate of drug-likeness (QED) is 0.605. The second kappa shape index (κ2) is 7.68. The second-order valence-corrected chi connectivity index (χ2v) is 6.37. The maximum absolute atomic E-state index is 9.49. The molecule has 1 unspecified atom stereocenters. The van der Waals surface area contributed by atoms with Gasteiger partial charge < -0.3 is 15.7 Å². The molecule has 3 rings (SSSR count). The number of benzene rings is 2. The Bertz CT molecular complexity index is 880. The monoisotopic (exact) mass is 356 g/mol. The molecule has 3 aromatic rings. The number of aromatic nitrogens is 2. The SMILES string of the molecule is CCC(CO)Nc1nc(Nc2ccc(Cl)cc2C)nc2ccccc12. The third-order valence-corrected chi connectivity index (χ3v) is 4.33. The summed E-state index contributed by atoms with van der Waals surface area (Å²) < 4.78 is 0. The lowest BCUT2D eigenvalue weighted by molar-refractivity contribution is 0.271. The van der Waals surface area contributed by atoms with Crippen LogP contribution in [0.15, 0.2) is 42.5 Å². The Morgan fingerprint density at radius 1 is 1.16 bits per heavy atom. The normalized spacial score (nSPS) is 12.2. The number of anilines is 3. The van der Waals surface area contributed by atoms with Crippen LogP contribution in [0.25, 0.3) is 10.9 Å². The van der Waals surface area contributed by atoms with Gasteiger partial charge in [0.15, 0.2) is 0 Å². The van der Waals surface area contributed by atoms with Crippen LogP contribution in [-0.2, 0) is 0 Å². The van der Waals surface area contributed by atoms with Crippen LogP contribution in [0.1, 0.15) is 18.9 Å². The van der Waals surface area contributed by atoms with Gasteiger partial charge in [0.2, 0.25) is 5.95 Å². The van der Waals surface area contributed by atoms with Crippen molar-refractivity contribution >= 4 is 40.0 Å². The molecule has 1 heterocycles. The van der Waals surface area contributed by atoms with Crippen LogP contribution in [0.2, 0.25) is 5.02 Å². The molecular weight excluding hydrogens is 336 g/mol. The number of nitrogens with one attached hydrogen (secondary N) is 2. The Hall–Kier alpha value is -2.37. The van der Waals surface area contributed by atoms with Crippen LogP contribution in [0.3, 0.4) is 0 Å². The maximum Gasteiger partial charge on any atom is 0.229 e. The van der Waals surface area contributed by atoms with Crippen LogP contribution in [0, 0.1) is 6.92 Å². The minimum atomic E-state index is -0.0524. The Balaban J connectivity index is 2.00. The number of hydrogen-bond acceptors (Lipinski definition) is 5. The summed E-state index contributed by atoms with van der Waals surface area (Å²) in [6.07, 6.45) is 0.799. The van der Waals surface area contributed by atoms with Gasteiger partial charge in [-0.25, -0.2) is 4.98 Å². The average molecular weight is 357 g/mol. The molecule has 0 saturated heterocycles. The summed E-state index contributed by atoms with van der Waals surface area (Å²) in [7, 11) is 0. The number of hydrogen-bond donors (Lipinski definition) is 3. The average Bonchev–Trinajstić information content (AvgIpc) is 2.62. The summed E-state index contributed by atoms with van der Waals surface area (Å²) in [6.45, 7) is 4.05. The molecule has 3 N–H and O–H groups in total. The third-order valence-electron chi connectivity index (χ3n) is 4.09. The van der Waals surface area contributed by atoms with E-state index in [4.69, 9.17) is 11.6 Å². The van der Waals surface area contributed by atoms with Gasteiger partial charge in [0.05, 0.1) is 18.2 Å². The fraction of sp³-hybridized carbons (Fsp3) is 0.263. The number of halogens is 1. The molecule has 0 bridgehead atoms. The van der Waals surface area contributed by atoms with Gasteiger partial charge >= 0.3 is 0 Å². The van der Waals surface area contributed by atoms with Crippen LogP contribution < -0.4 is 10.6 Å². The van der Waals surface area contributed by atoms with Gasteiger partial charge in [0.1, 0.15) is 5.82 Å². The van der Waals surface area contributed by atoms with Crippen molar-refractivity contribution in [1.29, 1.82) is 0 Å². The topological polar surface area (TPSA) is 70.1 Å². The summed E-state index contributed by atoms with van der Waals surface area (Å²) in [4.78, 5) is 9.21. The van der Waals surface area contributed by atoms with Crippen molar-refractivity contribution in [2.75, 3.05) is 17.2 Å². The molecule has 6 heteroatoms. The Morgan fingerprint density at radius 3 is 2.68 bits per heavy atom. The van der Waals surface area contributed by atoms with Gasteiger partial charge in [0, 0.05) is 16.1 Å². The smallest absolute Gasteiger partial charge is 0.229 e. The van der Waals surface area contributed by atoms with E-state index in [1.165, 1.54) is 0 Å². The van der Waals surface area contributed by atoms with E-state index < -0.39 is 0 Å². The number of nitrogens with zero attached hydrogens (tertiary/aromatic N) is 2. The van der Waals surface area contributed by atoms with E-state index in [1.54, 1.807) is 0 Å². The molecule has 0 aliphatic heterocycles. The summed E-state index contributed by atoms with van der Waals surface area (Å²) >= 11 is 6.02. The largest absolute Gasteiger partial charge is 0.394 e. The molecule has 2 aromatic carbocycles. The van der Waals surface area contributed by atoms with E-state index in [-0.39, 0.29) is 12.6 Å². The zero-order valence-electron chi connectivity index (χ0n) is 14.3. The predicted octanol–water partition coefficient (Wildman–Crippen LogP) is 4.52. The predicted molar refractivity (Wildman–Crippen MR) is 104 cm³/mol. The number of aliphatic hydroxyl groups is 1. The first kappa shape index (κ1) is 17.5. The first-order chi connectivity index (χ1) is 12.1. The van der Waals surface area contributed by atoms with Crippen molar-refractivity contribution in [2.45, 2.75) is 26.3 Å². The number of para-hydroxylation sites is 1. The van der Waals surface area contributed by atoms with Crippen LogP contribution in [0.5, 0.6) is 0 Å². The molecule has 0 amide bonds. The molecule has 0 radical (unpaired) electrons. The van der Waals surface area contributed by atoms with Crippen molar-refractivity contribution in [3.05, 3.63) is 53.1 Å². The van der Waals surface area contributed by atoms with Crippen molar-refractivity contribution in [3.63, 3.8) is 0 Å². The Kier molecular flexibility index (Phi) is 5.36. The molecule has 0 fully saturated rings. The summed E-state index contributed by atoms with van der Waals surface area (Å²) in [5, 5.41) is 17.7. The van der Waals surface area contributed by atoms with Crippen LogP contribution >= 0.6 is 11.6 Å². The molecule has 130 valence electrons. The number of rotatable bonds is 6. The van der Waals surface area contributed by atoms with E-state index in [0.717, 1.165) is 28.6 Å². The minimum absolute atomic E-state index is 0.0495. The molecule has 1 atom stereocenters. The highest BCUT2D eigenvalue weighted by atomic mass is 35.5. The van der Waals surface area contributed by atoms with Crippen molar-refractivity contribution < 1.29 is 5.11 Å². The Morgan fingerprint density at radius 2 is 1.96 bits per heavy atom. The van der Waals surface area contributed by atoms with Crippen molar-refractivity contribution in [2.24, 2.45) is 0 Å². The number of aliphatic hydroxyl groups excluding tert-OH is 1. The maximum atomic E-state index is 9.49. The minimum Gasteiger partial charge on any atom is -0.394 e. The molecule has 0 aliphatic carbocycles. The molecule has 25 heavy (non-hydrogen) atoms. The lowest BCUT2D eigenvalue weighted by Gasteiger charge is -2.17.